The van der Waals surface area contributed by atoms with E-state index < -0.39 is 57.5 Å². The molecule has 18 nitrogen and oxygen atoms in total. The van der Waals surface area contributed by atoms with E-state index in [-0.39, 0.29) is 44.3 Å². The topological polar surface area (TPSA) is 199 Å². The van der Waals surface area contributed by atoms with Crippen LogP contribution in [0.15, 0.2) is 54.9 Å². The zero-order chi connectivity index (χ0) is 47.9. The van der Waals surface area contributed by atoms with Crippen molar-refractivity contribution in [2.45, 2.75) is 98.1 Å². The molecule has 360 valence electrons. The van der Waals surface area contributed by atoms with Gasteiger partial charge >= 0.3 is 6.17 Å². The summed E-state index contributed by atoms with van der Waals surface area (Å²) in [5.41, 5.74) is 9.52. The fraction of sp³-hybridized carbons (Fsp3) is 0.542. The van der Waals surface area contributed by atoms with Crippen LogP contribution in [-0.2, 0) is 60.2 Å². The zero-order valence-corrected chi connectivity index (χ0v) is 40.3. The lowest BCUT2D eigenvalue weighted by Crippen LogP contribution is -2.62. The third-order valence-corrected chi connectivity index (χ3v) is 15.5. The molecule has 8 rings (SSSR count). The Balaban J connectivity index is 1.17. The number of phenols is 1. The SMILES string of the molecule is CCn1c(-c2cnccc2COC)c2c3cc(ccc31)-c1cc(O)cc(c1)C[C@H](NC(=O)[C@H](C(C)C)N(C)C(=O)[C@H]1CCN(S(=O)(=O)N3CC3)C1)C(=O)N1CCC[C@H](N1)[N+](=O)OCC(C)(C)C2. The molecule has 4 aliphatic rings. The smallest absolute Gasteiger partial charge is 0.326 e. The number of aryl methyl sites for hydroxylation is 1. The summed E-state index contributed by atoms with van der Waals surface area (Å²) in [6, 6.07) is 11.1. The fourth-order valence-corrected chi connectivity index (χ4v) is 11.6. The summed E-state index contributed by atoms with van der Waals surface area (Å²) in [6.07, 6.45) is 4.38. The van der Waals surface area contributed by atoms with Crippen LogP contribution in [0.5, 0.6) is 5.75 Å². The molecular weight excluding hydrogens is 879 g/mol. The van der Waals surface area contributed by atoms with Crippen molar-refractivity contribution in [3.63, 3.8) is 0 Å². The first-order chi connectivity index (χ1) is 31.9. The van der Waals surface area contributed by atoms with Gasteiger partial charge in [-0.25, -0.2) is 4.84 Å². The number of likely N-dealkylation sites (N-methyl/N-ethyl adjacent to an activating group) is 1. The van der Waals surface area contributed by atoms with E-state index in [9.17, 15) is 32.8 Å². The average molecular weight is 943 g/mol. The summed E-state index contributed by atoms with van der Waals surface area (Å²) in [5.74, 6) is -2.50. The summed E-state index contributed by atoms with van der Waals surface area (Å²) in [5, 5.41) is 16.6. The number of hydrogen-bond donors (Lipinski definition) is 3. The number of nitrogens with one attached hydrogen (secondary N) is 2. The van der Waals surface area contributed by atoms with Gasteiger partial charge in [-0.3, -0.25) is 24.4 Å². The van der Waals surface area contributed by atoms with E-state index in [1.807, 2.05) is 38.2 Å². The second-order valence-corrected chi connectivity index (χ2v) is 21.4. The highest BCUT2D eigenvalue weighted by molar-refractivity contribution is 7.87. The minimum atomic E-state index is -3.63. The number of hydrazine groups is 1. The van der Waals surface area contributed by atoms with Gasteiger partial charge in [-0.1, -0.05) is 39.8 Å². The van der Waals surface area contributed by atoms with Gasteiger partial charge in [-0.15, -0.1) is 0 Å². The van der Waals surface area contributed by atoms with Crippen molar-refractivity contribution in [2.75, 3.05) is 53.5 Å². The standard InChI is InChI=1S/C48H63N9O9S/c1-8-55-41-12-11-32-24-37(41)38(44(55)39-26-49-15-13-34(39)28-65-7)25-48(4,5)29-66-57(62)42-10-9-16-56(51-42)47(61)40(22-31-20-35(32)23-36(58)21-31)50-45(59)43(30(2)3)52(6)46(60)33-14-17-54(27-33)67(63,64)53-18-19-53/h11-13,15,20-21,23-24,26,30,33,40,42-43,51H,8-10,14,16-19,22,25,27-29H2,1-7H3,(H-,50,58,59)/p+1/t33-,40-,42+,43-/m0/s1. The van der Waals surface area contributed by atoms with Crippen molar-refractivity contribution in [1.29, 1.82) is 0 Å². The second-order valence-electron chi connectivity index (χ2n) is 19.5. The van der Waals surface area contributed by atoms with Crippen molar-refractivity contribution in [2.24, 2.45) is 17.3 Å². The maximum absolute atomic E-state index is 14.7. The predicted molar refractivity (Wildman–Crippen MR) is 251 cm³/mol. The quantitative estimate of drug-likeness (QED) is 0.181. The van der Waals surface area contributed by atoms with Gasteiger partial charge in [-0.05, 0) is 90.3 Å². The number of aromatic hydroxyl groups is 1. The maximum Gasteiger partial charge on any atom is 0.326 e. The molecular formula is C48H64N9O9S+. The third-order valence-electron chi connectivity index (χ3n) is 13.5. The Morgan fingerprint density at radius 2 is 1.85 bits per heavy atom. The molecule has 4 aliphatic heterocycles. The van der Waals surface area contributed by atoms with Crippen LogP contribution in [0.3, 0.4) is 0 Å². The van der Waals surface area contributed by atoms with E-state index in [2.05, 4.69) is 53.2 Å². The Bertz CT molecular complexity index is 2670. The van der Waals surface area contributed by atoms with E-state index in [1.54, 1.807) is 25.4 Å². The van der Waals surface area contributed by atoms with Gasteiger partial charge in [-0.2, -0.15) is 22.5 Å². The first-order valence-electron chi connectivity index (χ1n) is 23.3. The van der Waals surface area contributed by atoms with Crippen LogP contribution in [0.4, 0.5) is 0 Å². The number of rotatable bonds is 11. The van der Waals surface area contributed by atoms with E-state index >= 15 is 0 Å². The minimum absolute atomic E-state index is 0.0226. The lowest BCUT2D eigenvalue weighted by molar-refractivity contribution is -0.835. The molecule has 0 radical (unpaired) electrons. The van der Waals surface area contributed by atoms with Crippen LogP contribution in [0.2, 0.25) is 0 Å². The lowest BCUT2D eigenvalue weighted by Gasteiger charge is -2.35. The van der Waals surface area contributed by atoms with E-state index in [1.165, 1.54) is 25.6 Å². The summed E-state index contributed by atoms with van der Waals surface area (Å²) in [6.45, 7) is 12.3. The van der Waals surface area contributed by atoms with Gasteiger partial charge in [0.05, 0.1) is 23.1 Å². The number of ether oxygens (including phenoxy) is 1. The van der Waals surface area contributed by atoms with Crippen molar-refractivity contribution in [3.8, 4) is 28.1 Å². The van der Waals surface area contributed by atoms with Gasteiger partial charge in [0.2, 0.25) is 16.7 Å². The highest BCUT2D eigenvalue weighted by Crippen LogP contribution is 2.41. The van der Waals surface area contributed by atoms with Crippen LogP contribution in [0, 0.1) is 22.2 Å². The summed E-state index contributed by atoms with van der Waals surface area (Å²) >= 11 is 0. The molecule has 0 unspecified atom stereocenters. The molecule has 19 heteroatoms. The van der Waals surface area contributed by atoms with Crippen LogP contribution in [0.25, 0.3) is 33.3 Å². The van der Waals surface area contributed by atoms with Crippen molar-refractivity contribution < 1.29 is 42.4 Å². The van der Waals surface area contributed by atoms with E-state index in [0.29, 0.717) is 68.0 Å². The van der Waals surface area contributed by atoms with Crippen LogP contribution in [0.1, 0.15) is 70.6 Å². The Morgan fingerprint density at radius 3 is 2.57 bits per heavy atom. The van der Waals surface area contributed by atoms with Crippen molar-refractivity contribution in [3.05, 3.63) is 76.5 Å². The van der Waals surface area contributed by atoms with Gasteiger partial charge in [0, 0.05) is 101 Å². The van der Waals surface area contributed by atoms with Gasteiger partial charge in [0.25, 0.3) is 16.1 Å². The van der Waals surface area contributed by atoms with Gasteiger partial charge in [0.15, 0.2) is 6.61 Å². The Hall–Kier alpha value is -5.47. The average Bonchev–Trinajstić information content (AvgIpc) is 3.97. The van der Waals surface area contributed by atoms with E-state index in [4.69, 9.17) is 9.57 Å². The van der Waals surface area contributed by atoms with Crippen LogP contribution >= 0.6 is 0 Å². The zero-order valence-electron chi connectivity index (χ0n) is 39.5. The van der Waals surface area contributed by atoms with Crippen molar-refractivity contribution in [1.82, 2.24) is 38.8 Å². The summed E-state index contributed by atoms with van der Waals surface area (Å²) in [4.78, 5) is 69.6. The summed E-state index contributed by atoms with van der Waals surface area (Å²) in [7, 11) is -0.426. The van der Waals surface area contributed by atoms with Gasteiger partial charge in [0.1, 0.15) is 17.8 Å². The number of pyridine rings is 1. The molecule has 3 N–H and O–H groups in total. The van der Waals surface area contributed by atoms with Crippen LogP contribution < -0.4 is 10.7 Å². The number of carbonyl (C=O) groups excluding carboxylic acids is 3. The number of nitrogens with zero attached hydrogens (tertiary/aromatic N) is 7. The number of amides is 3. The Kier molecular flexibility index (Phi) is 13.8. The molecule has 0 spiro atoms. The Morgan fingerprint density at radius 1 is 1.07 bits per heavy atom. The fourth-order valence-electron chi connectivity index (χ4n) is 10.0. The molecule has 6 bridgehead atoms. The molecule has 0 saturated carbocycles. The number of carbonyl (C=O) groups is 3. The monoisotopic (exact) mass is 942 g/mol. The number of benzene rings is 2. The van der Waals surface area contributed by atoms with Gasteiger partial charge < -0.3 is 24.6 Å². The van der Waals surface area contributed by atoms with E-state index in [0.717, 1.165) is 38.9 Å². The first kappa shape index (κ1) is 48.0. The number of methoxy groups -OCH3 is 1. The first-order valence-corrected chi connectivity index (χ1v) is 24.7. The molecule has 4 aromatic rings. The largest absolute Gasteiger partial charge is 0.508 e. The molecule has 3 fully saturated rings. The molecule has 67 heavy (non-hydrogen) atoms. The number of aromatic nitrogens is 2. The molecule has 4 atom stereocenters. The molecule has 0 aliphatic carbocycles. The number of hydrogen-bond acceptors (Lipinski definition) is 11. The molecule has 2 aromatic heterocycles. The molecule has 2 aromatic carbocycles. The highest BCUT2D eigenvalue weighted by atomic mass is 32.2. The normalized spacial score (nSPS) is 22.1. The van der Waals surface area contributed by atoms with Crippen LogP contribution in [-0.4, -0.2) is 136 Å². The molecule has 3 amide bonds. The number of phenolic OH excluding ortho intramolecular Hbond substituents is 1. The van der Waals surface area contributed by atoms with Crippen molar-refractivity contribution >= 4 is 38.8 Å². The minimum Gasteiger partial charge on any atom is -0.508 e. The second kappa shape index (κ2) is 19.3. The third kappa shape index (κ3) is 9.93. The highest BCUT2D eigenvalue weighted by Gasteiger charge is 2.45. The Labute approximate surface area is 392 Å². The predicted octanol–water partition coefficient (Wildman–Crippen LogP) is 4.38. The molecule has 3 saturated heterocycles. The number of fused-ring (bicyclic) bond motifs is 6. The summed E-state index contributed by atoms with van der Waals surface area (Å²) < 4.78 is 36.5. The lowest BCUT2D eigenvalue weighted by atomic mass is 9.84. The molecule has 6 heterocycles. The maximum atomic E-state index is 14.7.